The predicted octanol–water partition coefficient (Wildman–Crippen LogP) is 6.58. The molecule has 1 atom stereocenters. The number of nitrogens with one attached hydrogen (secondary N) is 1. The number of benzene rings is 3. The van der Waals surface area contributed by atoms with Crippen LogP contribution in [0.2, 0.25) is 5.02 Å². The van der Waals surface area contributed by atoms with Gasteiger partial charge in [0.15, 0.2) is 0 Å². The van der Waals surface area contributed by atoms with Gasteiger partial charge in [0.2, 0.25) is 0 Å². The second-order valence-corrected chi connectivity index (χ2v) is 9.04. The highest BCUT2D eigenvalue weighted by Gasteiger charge is 2.22. The molecule has 190 valence electrons. The van der Waals surface area contributed by atoms with Gasteiger partial charge in [0.25, 0.3) is 11.2 Å². The maximum Gasteiger partial charge on any atom is 0.277 e. The van der Waals surface area contributed by atoms with Crippen molar-refractivity contribution in [3.05, 3.63) is 140 Å². The summed E-state index contributed by atoms with van der Waals surface area (Å²) >= 11 is 6.07. The molecule has 0 bridgehead atoms. The summed E-state index contributed by atoms with van der Waals surface area (Å²) in [6.45, 7) is 0. The number of nitrogens with zero attached hydrogens (tertiary/aromatic N) is 3. The first-order valence-electron chi connectivity index (χ1n) is 11.5. The lowest BCUT2D eigenvalue weighted by molar-refractivity contribution is -0.384. The average Bonchev–Trinajstić information content (AvgIpc) is 3.39. The van der Waals surface area contributed by atoms with Crippen molar-refractivity contribution in [1.82, 2.24) is 14.5 Å². The molecule has 3 aromatic carbocycles. The van der Waals surface area contributed by atoms with E-state index in [1.54, 1.807) is 36.5 Å². The summed E-state index contributed by atoms with van der Waals surface area (Å²) in [6.07, 6.45) is 3.50. The van der Waals surface area contributed by atoms with Crippen molar-refractivity contribution in [3.8, 4) is 22.4 Å². The van der Waals surface area contributed by atoms with Crippen LogP contribution < -0.4 is 5.56 Å². The van der Waals surface area contributed by atoms with Crippen LogP contribution in [0, 0.1) is 21.7 Å². The molecular formula is C28H19ClF2N4O3. The topological polar surface area (TPSA) is 93.8 Å². The molecule has 0 saturated heterocycles. The van der Waals surface area contributed by atoms with E-state index in [1.165, 1.54) is 59.3 Å². The van der Waals surface area contributed by atoms with Gasteiger partial charge in [-0.15, -0.1) is 0 Å². The molecule has 0 amide bonds. The van der Waals surface area contributed by atoms with Gasteiger partial charge in [0.05, 0.1) is 22.2 Å². The van der Waals surface area contributed by atoms with E-state index >= 15 is 0 Å². The fourth-order valence-corrected chi connectivity index (χ4v) is 4.43. The monoisotopic (exact) mass is 532 g/mol. The summed E-state index contributed by atoms with van der Waals surface area (Å²) in [7, 11) is 0. The Balaban J connectivity index is 1.57. The molecule has 2 heterocycles. The Bertz CT molecular complexity index is 1680. The molecule has 0 fully saturated rings. The number of hydrogen-bond donors (Lipinski definition) is 1. The maximum atomic E-state index is 13.5. The minimum absolute atomic E-state index is 0.176. The molecule has 5 rings (SSSR count). The van der Waals surface area contributed by atoms with E-state index in [0.717, 1.165) is 5.56 Å². The van der Waals surface area contributed by atoms with E-state index in [1.807, 2.05) is 0 Å². The van der Waals surface area contributed by atoms with Crippen molar-refractivity contribution >= 4 is 17.3 Å². The average molecular weight is 533 g/mol. The van der Waals surface area contributed by atoms with E-state index < -0.39 is 16.5 Å². The highest BCUT2D eigenvalue weighted by atomic mass is 35.5. The van der Waals surface area contributed by atoms with Gasteiger partial charge in [0.1, 0.15) is 17.5 Å². The maximum absolute atomic E-state index is 13.5. The summed E-state index contributed by atoms with van der Waals surface area (Å²) in [5.74, 6) is -0.297. The van der Waals surface area contributed by atoms with Crippen LogP contribution in [0.3, 0.4) is 0 Å². The second-order valence-electron chi connectivity index (χ2n) is 8.60. The van der Waals surface area contributed by atoms with Crippen LogP contribution >= 0.6 is 11.6 Å². The van der Waals surface area contributed by atoms with Crippen LogP contribution in [0.4, 0.5) is 14.5 Å². The third-order valence-corrected chi connectivity index (χ3v) is 6.38. The smallest absolute Gasteiger partial charge is 0.277 e. The standard InChI is InChI=1S/C28H19ClF2N4O3/c29-20-5-10-25(35(37)38)23(15-20)19-11-12-34(27(36)14-19)26(13-17-1-6-21(30)7-2-17)28-32-16-24(33-28)18-3-8-22(31)9-4-18/h1-12,14-16,26H,13H2,(H,32,33). The first kappa shape index (κ1) is 25.0. The summed E-state index contributed by atoms with van der Waals surface area (Å²) < 4.78 is 28.4. The molecule has 10 heteroatoms. The number of halogens is 3. The van der Waals surface area contributed by atoms with Crippen LogP contribution in [0.1, 0.15) is 17.4 Å². The number of nitro benzene ring substituents is 1. The Hall–Kier alpha value is -4.63. The van der Waals surface area contributed by atoms with Crippen molar-refractivity contribution in [3.63, 3.8) is 0 Å². The molecular weight excluding hydrogens is 514 g/mol. The molecule has 1 N–H and O–H groups in total. The molecule has 7 nitrogen and oxygen atoms in total. The van der Waals surface area contributed by atoms with Gasteiger partial charge in [0, 0.05) is 41.5 Å². The van der Waals surface area contributed by atoms with E-state index in [4.69, 9.17) is 11.6 Å². The number of aromatic amines is 1. The lowest BCUT2D eigenvalue weighted by Crippen LogP contribution is -2.27. The Kier molecular flexibility index (Phi) is 6.85. The minimum atomic E-state index is -0.620. The van der Waals surface area contributed by atoms with Gasteiger partial charge in [-0.3, -0.25) is 14.9 Å². The fraction of sp³-hybridized carbons (Fsp3) is 0.0714. The normalized spacial score (nSPS) is 11.9. The number of H-pyrrole nitrogens is 1. The van der Waals surface area contributed by atoms with Crippen molar-refractivity contribution in [2.45, 2.75) is 12.5 Å². The fourth-order valence-electron chi connectivity index (χ4n) is 4.26. The Morgan fingerprint density at radius 1 is 0.947 bits per heavy atom. The summed E-state index contributed by atoms with van der Waals surface area (Å²) in [5, 5.41) is 11.8. The molecule has 38 heavy (non-hydrogen) atoms. The van der Waals surface area contributed by atoms with Crippen molar-refractivity contribution in [1.29, 1.82) is 0 Å². The molecule has 2 aromatic heterocycles. The molecule has 0 aliphatic carbocycles. The molecule has 1 unspecified atom stereocenters. The van der Waals surface area contributed by atoms with Crippen LogP contribution in [-0.4, -0.2) is 19.5 Å². The van der Waals surface area contributed by atoms with E-state index in [9.17, 15) is 23.7 Å². The van der Waals surface area contributed by atoms with Crippen molar-refractivity contribution in [2.24, 2.45) is 0 Å². The minimum Gasteiger partial charge on any atom is -0.346 e. The number of rotatable bonds is 7. The lowest BCUT2D eigenvalue weighted by atomic mass is 10.0. The lowest BCUT2D eigenvalue weighted by Gasteiger charge is -2.19. The van der Waals surface area contributed by atoms with Crippen LogP contribution in [0.5, 0.6) is 0 Å². The Labute approximate surface area is 220 Å². The quantitative estimate of drug-likeness (QED) is 0.189. The number of hydrogen-bond acceptors (Lipinski definition) is 4. The first-order chi connectivity index (χ1) is 18.3. The molecule has 0 aliphatic rings. The van der Waals surface area contributed by atoms with Gasteiger partial charge in [-0.25, -0.2) is 13.8 Å². The third-order valence-electron chi connectivity index (χ3n) is 6.15. The van der Waals surface area contributed by atoms with E-state index in [2.05, 4.69) is 9.97 Å². The Morgan fingerprint density at radius 3 is 2.29 bits per heavy atom. The van der Waals surface area contributed by atoms with Gasteiger partial charge in [-0.05, 0) is 65.7 Å². The number of pyridine rings is 1. The van der Waals surface area contributed by atoms with Gasteiger partial charge in [-0.2, -0.15) is 0 Å². The van der Waals surface area contributed by atoms with Crippen LogP contribution in [0.15, 0.2) is 96.1 Å². The van der Waals surface area contributed by atoms with Crippen molar-refractivity contribution < 1.29 is 13.7 Å². The molecule has 0 spiro atoms. The predicted molar refractivity (Wildman–Crippen MR) is 140 cm³/mol. The first-order valence-corrected chi connectivity index (χ1v) is 11.9. The summed E-state index contributed by atoms with van der Waals surface area (Å²) in [4.78, 5) is 32.1. The molecule has 0 aliphatic heterocycles. The SMILES string of the molecule is O=c1cc(-c2cc(Cl)ccc2[N+](=O)[O-])ccn1C(Cc1ccc(F)cc1)c1nc(-c2ccc(F)cc2)c[nH]1. The summed E-state index contributed by atoms with van der Waals surface area (Å²) in [6, 6.07) is 18.2. The largest absolute Gasteiger partial charge is 0.346 e. The zero-order valence-corrected chi connectivity index (χ0v) is 20.4. The van der Waals surface area contributed by atoms with E-state index in [-0.39, 0.29) is 22.9 Å². The zero-order chi connectivity index (χ0) is 26.8. The Morgan fingerprint density at radius 2 is 1.63 bits per heavy atom. The third kappa shape index (κ3) is 5.23. The highest BCUT2D eigenvalue weighted by Crippen LogP contribution is 2.32. The zero-order valence-electron chi connectivity index (χ0n) is 19.6. The molecule has 0 saturated carbocycles. The van der Waals surface area contributed by atoms with Gasteiger partial charge >= 0.3 is 0 Å². The van der Waals surface area contributed by atoms with Crippen LogP contribution in [-0.2, 0) is 6.42 Å². The van der Waals surface area contributed by atoms with Gasteiger partial charge < -0.3 is 9.55 Å². The number of nitro groups is 1. The van der Waals surface area contributed by atoms with Gasteiger partial charge in [-0.1, -0.05) is 23.7 Å². The van der Waals surface area contributed by atoms with Crippen LogP contribution in [0.25, 0.3) is 22.4 Å². The molecule has 5 aromatic rings. The second kappa shape index (κ2) is 10.4. The van der Waals surface area contributed by atoms with E-state index in [0.29, 0.717) is 34.1 Å². The van der Waals surface area contributed by atoms with Crippen molar-refractivity contribution in [2.75, 3.05) is 0 Å². The molecule has 0 radical (unpaired) electrons. The highest BCUT2D eigenvalue weighted by molar-refractivity contribution is 6.31. The summed E-state index contributed by atoms with van der Waals surface area (Å²) in [5.41, 5.74) is 1.96. The number of imidazole rings is 1. The number of aromatic nitrogens is 3.